The number of aryl methyl sites for hydroxylation is 1. The molecule has 0 spiro atoms. The Balaban J connectivity index is 1.32. The van der Waals surface area contributed by atoms with Gasteiger partial charge in [-0.15, -0.1) is 0 Å². The minimum absolute atomic E-state index is 0.549. The van der Waals surface area contributed by atoms with Crippen LogP contribution in [0.2, 0.25) is 0 Å². The molecule has 0 aliphatic heterocycles. The van der Waals surface area contributed by atoms with E-state index in [9.17, 15) is 0 Å². The van der Waals surface area contributed by atoms with Gasteiger partial charge in [0.1, 0.15) is 31.8 Å². The quantitative estimate of drug-likeness (QED) is 0.194. The zero-order valence-corrected chi connectivity index (χ0v) is 22.0. The van der Waals surface area contributed by atoms with Crippen LogP contribution in [0.4, 0.5) is 0 Å². The fourth-order valence-electron chi connectivity index (χ4n) is 4.96. The molecule has 6 aromatic rings. The van der Waals surface area contributed by atoms with Gasteiger partial charge in [0.15, 0.2) is 6.20 Å². The summed E-state index contributed by atoms with van der Waals surface area (Å²) in [7, 11) is 2.11. The van der Waals surface area contributed by atoms with Crippen LogP contribution in [0, 0.1) is 0 Å². The highest BCUT2D eigenvalue weighted by Gasteiger charge is 2.21. The molecule has 0 fully saturated rings. The number of nitrogens with zero attached hydrogens (tertiary/aromatic N) is 1. The second kappa shape index (κ2) is 11.2. The lowest BCUT2D eigenvalue weighted by molar-refractivity contribution is -0.658. The number of fused-ring (bicyclic) bond motifs is 1. The highest BCUT2D eigenvalue weighted by molar-refractivity contribution is 6.01. The average Bonchev–Trinajstić information content (AvgIpc) is 3.00. The first-order chi connectivity index (χ1) is 19.2. The van der Waals surface area contributed by atoms with Gasteiger partial charge in [-0.1, -0.05) is 91.0 Å². The van der Waals surface area contributed by atoms with E-state index in [1.165, 1.54) is 16.3 Å². The summed E-state index contributed by atoms with van der Waals surface area (Å²) in [6.07, 6.45) is 2.20. The van der Waals surface area contributed by atoms with E-state index < -0.39 is 0 Å². The van der Waals surface area contributed by atoms with Gasteiger partial charge in [-0.05, 0) is 59.2 Å². The minimum Gasteiger partial charge on any atom is -0.489 e. The van der Waals surface area contributed by atoms with Crippen LogP contribution in [0.3, 0.4) is 0 Å². The molecule has 0 aliphatic carbocycles. The number of hydrogen-bond acceptors (Lipinski definition) is 2. The molecule has 0 radical (unpaired) electrons. The van der Waals surface area contributed by atoms with Gasteiger partial charge in [0.25, 0.3) is 0 Å². The third-order valence-corrected chi connectivity index (χ3v) is 6.92. The first kappa shape index (κ1) is 24.4. The highest BCUT2D eigenvalue weighted by Crippen LogP contribution is 2.37. The summed E-state index contributed by atoms with van der Waals surface area (Å²) < 4.78 is 14.3. The van der Waals surface area contributed by atoms with Crippen molar-refractivity contribution in [1.82, 2.24) is 0 Å². The smallest absolute Gasteiger partial charge is 0.220 e. The summed E-state index contributed by atoms with van der Waals surface area (Å²) in [5, 5.41) is 2.42. The Morgan fingerprint density at radius 1 is 0.513 bits per heavy atom. The summed E-state index contributed by atoms with van der Waals surface area (Å²) in [6, 6.07) is 45.9. The normalized spacial score (nSPS) is 10.9. The van der Waals surface area contributed by atoms with Gasteiger partial charge in [0.2, 0.25) is 5.69 Å². The Kier molecular flexibility index (Phi) is 7.05. The molecule has 0 saturated heterocycles. The Morgan fingerprint density at radius 3 is 1.56 bits per heavy atom. The zero-order valence-electron chi connectivity index (χ0n) is 22.0. The lowest BCUT2D eigenvalue weighted by Crippen LogP contribution is -2.31. The Labute approximate surface area is 229 Å². The van der Waals surface area contributed by atoms with Crippen molar-refractivity contribution >= 4 is 10.8 Å². The molecule has 1 heterocycles. The molecule has 3 heteroatoms. The molecule has 0 N–H and O–H groups in total. The SMILES string of the molecule is C[n+]1cc2ccccc2c(-c2ccc(OCc3ccccc3)cc2)c1-c1ccc(OCc2ccccc2)cc1. The molecule has 0 aliphatic rings. The molecule has 39 heavy (non-hydrogen) atoms. The second-order valence-electron chi connectivity index (χ2n) is 9.65. The molecule has 5 aromatic carbocycles. The van der Waals surface area contributed by atoms with Crippen LogP contribution in [0.15, 0.2) is 140 Å². The van der Waals surface area contributed by atoms with Crippen LogP contribution in [-0.4, -0.2) is 0 Å². The fraction of sp³-hybridized carbons (Fsp3) is 0.0833. The van der Waals surface area contributed by atoms with Crippen molar-refractivity contribution in [2.24, 2.45) is 7.05 Å². The van der Waals surface area contributed by atoms with Crippen molar-refractivity contribution in [2.75, 3.05) is 0 Å². The predicted octanol–water partition coefficient (Wildman–Crippen LogP) is 8.16. The van der Waals surface area contributed by atoms with E-state index in [4.69, 9.17) is 9.47 Å². The van der Waals surface area contributed by atoms with Crippen LogP contribution >= 0.6 is 0 Å². The van der Waals surface area contributed by atoms with Crippen LogP contribution in [-0.2, 0) is 20.3 Å². The largest absolute Gasteiger partial charge is 0.489 e. The van der Waals surface area contributed by atoms with Crippen molar-refractivity contribution < 1.29 is 14.0 Å². The lowest BCUT2D eigenvalue weighted by Gasteiger charge is -2.13. The summed E-state index contributed by atoms with van der Waals surface area (Å²) in [5.74, 6) is 1.71. The van der Waals surface area contributed by atoms with E-state index in [1.54, 1.807) is 0 Å². The standard InChI is InChI=1S/C36H30NO2/c1-37-24-31-14-8-9-15-34(31)35(29-16-20-32(21-17-29)38-25-27-10-4-2-5-11-27)36(37)30-18-22-33(23-19-30)39-26-28-12-6-3-7-13-28/h2-24H,25-26H2,1H3/q+1. The topological polar surface area (TPSA) is 22.3 Å². The summed E-state index contributed by atoms with van der Waals surface area (Å²) in [4.78, 5) is 0. The van der Waals surface area contributed by atoms with Crippen LogP contribution in [0.25, 0.3) is 33.2 Å². The van der Waals surface area contributed by atoms with E-state index in [2.05, 4.69) is 115 Å². The highest BCUT2D eigenvalue weighted by atomic mass is 16.5. The van der Waals surface area contributed by atoms with Crippen molar-refractivity contribution in [3.8, 4) is 33.9 Å². The molecule has 0 saturated carbocycles. The first-order valence-electron chi connectivity index (χ1n) is 13.2. The number of benzene rings is 5. The number of pyridine rings is 1. The Hall–Kier alpha value is -4.89. The molecule has 0 amide bonds. The number of aromatic nitrogens is 1. The maximum atomic E-state index is 6.06. The number of rotatable bonds is 8. The van der Waals surface area contributed by atoms with E-state index in [-0.39, 0.29) is 0 Å². The first-order valence-corrected chi connectivity index (χ1v) is 13.2. The predicted molar refractivity (Wildman–Crippen MR) is 158 cm³/mol. The fourth-order valence-corrected chi connectivity index (χ4v) is 4.96. The monoisotopic (exact) mass is 508 g/mol. The van der Waals surface area contributed by atoms with Crippen molar-refractivity contribution in [1.29, 1.82) is 0 Å². The van der Waals surface area contributed by atoms with Gasteiger partial charge in [0.05, 0.1) is 5.56 Å². The molecule has 1 aromatic heterocycles. The summed E-state index contributed by atoms with van der Waals surface area (Å²) in [6.45, 7) is 1.10. The Morgan fingerprint density at radius 2 is 1.00 bits per heavy atom. The van der Waals surface area contributed by atoms with E-state index in [0.29, 0.717) is 13.2 Å². The average molecular weight is 509 g/mol. The number of hydrogen-bond donors (Lipinski definition) is 0. The van der Waals surface area contributed by atoms with Gasteiger partial charge in [-0.3, -0.25) is 0 Å². The molecule has 0 unspecified atom stereocenters. The Bertz CT molecular complexity index is 1680. The summed E-state index contributed by atoms with van der Waals surface area (Å²) >= 11 is 0. The van der Waals surface area contributed by atoms with Crippen molar-refractivity contribution in [3.05, 3.63) is 151 Å². The van der Waals surface area contributed by atoms with E-state index in [0.717, 1.165) is 39.4 Å². The third kappa shape index (κ3) is 5.53. The van der Waals surface area contributed by atoms with E-state index >= 15 is 0 Å². The van der Waals surface area contributed by atoms with Gasteiger partial charge < -0.3 is 9.47 Å². The van der Waals surface area contributed by atoms with Gasteiger partial charge >= 0.3 is 0 Å². The maximum absolute atomic E-state index is 6.06. The molecular formula is C36H30NO2+. The van der Waals surface area contributed by atoms with Gasteiger partial charge in [-0.2, -0.15) is 4.57 Å². The van der Waals surface area contributed by atoms with Crippen LogP contribution in [0.1, 0.15) is 11.1 Å². The van der Waals surface area contributed by atoms with Crippen LogP contribution in [0.5, 0.6) is 11.5 Å². The lowest BCUT2D eigenvalue weighted by atomic mass is 9.93. The van der Waals surface area contributed by atoms with Crippen LogP contribution < -0.4 is 14.0 Å². The molecule has 190 valence electrons. The summed E-state index contributed by atoms with van der Waals surface area (Å²) in [5.41, 5.74) is 6.94. The second-order valence-corrected chi connectivity index (χ2v) is 9.65. The molecule has 6 rings (SSSR count). The third-order valence-electron chi connectivity index (χ3n) is 6.92. The van der Waals surface area contributed by atoms with Gasteiger partial charge in [-0.25, -0.2) is 0 Å². The van der Waals surface area contributed by atoms with E-state index in [1.807, 2.05) is 36.4 Å². The zero-order chi connectivity index (χ0) is 26.4. The number of ether oxygens (including phenoxy) is 2. The van der Waals surface area contributed by atoms with Crippen molar-refractivity contribution in [2.45, 2.75) is 13.2 Å². The molecule has 3 nitrogen and oxygen atoms in total. The van der Waals surface area contributed by atoms with Gasteiger partial charge in [0, 0.05) is 16.3 Å². The minimum atomic E-state index is 0.549. The van der Waals surface area contributed by atoms with Crippen molar-refractivity contribution in [3.63, 3.8) is 0 Å². The molecule has 0 bridgehead atoms. The molecular weight excluding hydrogens is 478 g/mol. The maximum Gasteiger partial charge on any atom is 0.220 e. The molecule has 0 atom stereocenters.